The number of nitrogens with zero attached hydrogens (tertiary/aromatic N) is 2. The molecule has 1 saturated heterocycles. The molecule has 2 amide bonds. The number of pyridine rings is 1. The summed E-state index contributed by atoms with van der Waals surface area (Å²) >= 11 is 0. The summed E-state index contributed by atoms with van der Waals surface area (Å²) in [6.07, 6.45) is -3.51. The van der Waals surface area contributed by atoms with Gasteiger partial charge in [-0.2, -0.15) is 13.2 Å². The maximum Gasteiger partial charge on any atom is 0.471 e. The van der Waals surface area contributed by atoms with Crippen LogP contribution in [0.25, 0.3) is 10.9 Å². The van der Waals surface area contributed by atoms with E-state index in [0.29, 0.717) is 38.3 Å². The number of halogens is 3. The first-order valence-corrected chi connectivity index (χ1v) is 16.2. The molecule has 9 heteroatoms. The summed E-state index contributed by atoms with van der Waals surface area (Å²) in [6, 6.07) is 14.7. The van der Waals surface area contributed by atoms with Gasteiger partial charge in [0.05, 0.1) is 11.2 Å². The number of anilines is 1. The zero-order chi connectivity index (χ0) is 30.1. The SMILES string of the molecule is CC(C)[Si](C#Cc1ccc(C2CN(C(=O)C(F)(F)F)C2C(=O)Nc2cccc3cccnc23)cc1)(C(C)C)C(C)C. The molecule has 1 aliphatic heterocycles. The standard InChI is InChI=1S/C32H36F3N3O2Si/c1-20(2)41(21(3)4,22(5)6)18-16-23-12-14-24(15-13-23)26-19-38(31(40)32(33,34)35)29(26)30(39)37-27-11-7-9-25-10-8-17-36-28(25)27/h7-15,17,20-22,26,29H,19H2,1-6H3,(H,37,39). The largest absolute Gasteiger partial charge is 0.471 e. The Morgan fingerprint density at radius 1 is 0.951 bits per heavy atom. The molecule has 3 aromatic rings. The lowest BCUT2D eigenvalue weighted by Crippen LogP contribution is -2.64. The second-order valence-electron chi connectivity index (χ2n) is 11.6. The molecule has 0 aliphatic carbocycles. The molecular formula is C32H36F3N3O2Si. The molecule has 2 atom stereocenters. The summed E-state index contributed by atoms with van der Waals surface area (Å²) in [6.45, 7) is 13.3. The van der Waals surface area contributed by atoms with Crippen LogP contribution < -0.4 is 5.32 Å². The van der Waals surface area contributed by atoms with Crippen LogP contribution in [0.4, 0.5) is 18.9 Å². The summed E-state index contributed by atoms with van der Waals surface area (Å²) in [5.41, 5.74) is 7.51. The van der Waals surface area contributed by atoms with Gasteiger partial charge >= 0.3 is 12.1 Å². The minimum absolute atomic E-state index is 0.209. The monoisotopic (exact) mass is 579 g/mol. The average Bonchev–Trinajstić information content (AvgIpc) is 2.88. The third-order valence-corrected chi connectivity index (χ3v) is 14.7. The molecular weight excluding hydrogens is 543 g/mol. The number of alkyl halides is 3. The Morgan fingerprint density at radius 3 is 2.15 bits per heavy atom. The first kappa shape index (κ1) is 30.3. The fourth-order valence-corrected chi connectivity index (χ4v) is 11.6. The van der Waals surface area contributed by atoms with Crippen molar-refractivity contribution in [3.63, 3.8) is 0 Å². The van der Waals surface area contributed by atoms with Gasteiger partial charge < -0.3 is 10.2 Å². The van der Waals surface area contributed by atoms with Gasteiger partial charge in [-0.1, -0.05) is 77.8 Å². The molecule has 1 aromatic heterocycles. The van der Waals surface area contributed by atoms with E-state index in [9.17, 15) is 22.8 Å². The van der Waals surface area contributed by atoms with E-state index in [4.69, 9.17) is 0 Å². The van der Waals surface area contributed by atoms with Gasteiger partial charge in [-0.05, 0) is 46.5 Å². The summed E-state index contributed by atoms with van der Waals surface area (Å²) in [7, 11) is -1.93. The van der Waals surface area contributed by atoms with Gasteiger partial charge in [0.2, 0.25) is 5.91 Å². The summed E-state index contributed by atoms with van der Waals surface area (Å²) in [5.74, 6) is 0.0634. The lowest BCUT2D eigenvalue weighted by atomic mass is 9.81. The van der Waals surface area contributed by atoms with Crippen LogP contribution in [-0.2, 0) is 9.59 Å². The van der Waals surface area contributed by atoms with Crippen molar-refractivity contribution in [2.24, 2.45) is 0 Å². The molecule has 0 bridgehead atoms. The van der Waals surface area contributed by atoms with Crippen LogP contribution in [0.5, 0.6) is 0 Å². The fraction of sp³-hybridized carbons (Fsp3) is 0.406. The lowest BCUT2D eigenvalue weighted by molar-refractivity contribution is -0.194. The van der Waals surface area contributed by atoms with Gasteiger partial charge in [0.15, 0.2) is 0 Å². The second kappa shape index (κ2) is 11.7. The number of amides is 2. The van der Waals surface area contributed by atoms with Gasteiger partial charge in [-0.15, -0.1) is 5.54 Å². The third-order valence-electron chi connectivity index (χ3n) is 8.40. The zero-order valence-electron chi connectivity index (χ0n) is 24.2. The van der Waals surface area contributed by atoms with Gasteiger partial charge in [0.1, 0.15) is 14.1 Å². The summed E-state index contributed by atoms with van der Waals surface area (Å²) in [4.78, 5) is 30.5. The molecule has 0 spiro atoms. The van der Waals surface area contributed by atoms with Crippen LogP contribution in [0.2, 0.25) is 16.6 Å². The molecule has 1 N–H and O–H groups in total. The third kappa shape index (κ3) is 5.89. The number of fused-ring (bicyclic) bond motifs is 1. The van der Waals surface area contributed by atoms with E-state index in [2.05, 4.69) is 63.3 Å². The van der Waals surface area contributed by atoms with E-state index >= 15 is 0 Å². The topological polar surface area (TPSA) is 62.3 Å². The van der Waals surface area contributed by atoms with Gasteiger partial charge in [0, 0.05) is 29.6 Å². The second-order valence-corrected chi connectivity index (χ2v) is 17.2. The highest BCUT2D eigenvalue weighted by Gasteiger charge is 2.54. The number of rotatable bonds is 6. The lowest BCUT2D eigenvalue weighted by Gasteiger charge is -2.47. The maximum atomic E-state index is 13.4. The van der Waals surface area contributed by atoms with E-state index in [1.54, 1.807) is 36.5 Å². The van der Waals surface area contributed by atoms with Crippen LogP contribution in [0.1, 0.15) is 58.6 Å². The van der Waals surface area contributed by atoms with E-state index in [0.717, 1.165) is 10.9 Å². The number of carbonyl (C=O) groups excluding carboxylic acids is 2. The molecule has 4 rings (SSSR count). The maximum absolute atomic E-state index is 13.4. The number of hydrogen-bond donors (Lipinski definition) is 1. The van der Waals surface area contributed by atoms with Crippen molar-refractivity contribution in [3.05, 3.63) is 71.9 Å². The van der Waals surface area contributed by atoms with E-state index in [1.165, 1.54) is 0 Å². The van der Waals surface area contributed by atoms with Crippen molar-refractivity contribution in [3.8, 4) is 11.5 Å². The van der Waals surface area contributed by atoms with E-state index < -0.39 is 38.0 Å². The van der Waals surface area contributed by atoms with Gasteiger partial charge in [-0.3, -0.25) is 14.6 Å². The van der Waals surface area contributed by atoms with Crippen molar-refractivity contribution in [1.29, 1.82) is 0 Å². The minimum atomic E-state index is -5.08. The first-order valence-electron chi connectivity index (χ1n) is 13.9. The number of nitrogens with one attached hydrogen (secondary N) is 1. The smallest absolute Gasteiger partial charge is 0.322 e. The number of carbonyl (C=O) groups is 2. The zero-order valence-corrected chi connectivity index (χ0v) is 25.2. The molecule has 5 nitrogen and oxygen atoms in total. The normalized spacial score (nSPS) is 17.4. The molecule has 2 heterocycles. The predicted molar refractivity (Wildman–Crippen MR) is 159 cm³/mol. The highest BCUT2D eigenvalue weighted by molar-refractivity contribution is 6.90. The number of likely N-dealkylation sites (tertiary alicyclic amines) is 1. The van der Waals surface area contributed by atoms with Crippen LogP contribution >= 0.6 is 0 Å². The Labute approximate surface area is 240 Å². The van der Waals surface area contributed by atoms with E-state index in [-0.39, 0.29) is 6.54 Å². The highest BCUT2D eigenvalue weighted by atomic mass is 28.3. The molecule has 41 heavy (non-hydrogen) atoms. The molecule has 0 saturated carbocycles. The Hall–Kier alpha value is -3.64. The van der Waals surface area contributed by atoms with Crippen molar-refractivity contribution in [1.82, 2.24) is 9.88 Å². The van der Waals surface area contributed by atoms with Crippen molar-refractivity contribution in [2.75, 3.05) is 11.9 Å². The molecule has 0 radical (unpaired) electrons. The van der Waals surface area contributed by atoms with Crippen molar-refractivity contribution >= 4 is 36.5 Å². The van der Waals surface area contributed by atoms with Crippen LogP contribution in [0.15, 0.2) is 60.8 Å². The van der Waals surface area contributed by atoms with Crippen LogP contribution in [-0.4, -0.2) is 48.5 Å². The summed E-state index contributed by atoms with van der Waals surface area (Å²) < 4.78 is 40.1. The highest BCUT2D eigenvalue weighted by Crippen LogP contribution is 2.41. The van der Waals surface area contributed by atoms with Gasteiger partial charge in [-0.25, -0.2) is 0 Å². The number of benzene rings is 2. The van der Waals surface area contributed by atoms with Crippen molar-refractivity contribution < 1.29 is 22.8 Å². The number of aromatic nitrogens is 1. The Balaban J connectivity index is 1.62. The quantitative estimate of drug-likeness (QED) is 0.246. The number of hydrogen-bond acceptors (Lipinski definition) is 3. The molecule has 2 aromatic carbocycles. The molecule has 1 aliphatic rings. The minimum Gasteiger partial charge on any atom is -0.322 e. The average molecular weight is 580 g/mol. The summed E-state index contributed by atoms with van der Waals surface area (Å²) in [5, 5.41) is 3.50. The van der Waals surface area contributed by atoms with Gasteiger partial charge in [0.25, 0.3) is 0 Å². The van der Waals surface area contributed by atoms with Crippen LogP contribution in [0, 0.1) is 11.5 Å². The molecule has 216 valence electrons. The first-order chi connectivity index (χ1) is 19.3. The van der Waals surface area contributed by atoms with Crippen LogP contribution in [0.3, 0.4) is 0 Å². The molecule has 1 fully saturated rings. The van der Waals surface area contributed by atoms with E-state index in [1.807, 2.05) is 24.3 Å². The Morgan fingerprint density at radius 2 is 1.56 bits per heavy atom. The van der Waals surface area contributed by atoms with Crippen molar-refractivity contribution in [2.45, 2.75) is 76.3 Å². The number of para-hydroxylation sites is 1. The Kier molecular flexibility index (Phi) is 8.64. The fourth-order valence-electron chi connectivity index (χ4n) is 6.33. The Bertz CT molecular complexity index is 1460. The molecule has 2 unspecified atom stereocenters. The predicted octanol–water partition coefficient (Wildman–Crippen LogP) is 7.30.